The van der Waals surface area contributed by atoms with E-state index >= 15 is 0 Å². The molecule has 164 valence electrons. The number of nitrogens with zero attached hydrogens (tertiary/aromatic N) is 3. The van der Waals surface area contributed by atoms with Crippen molar-refractivity contribution in [3.05, 3.63) is 35.2 Å². The van der Waals surface area contributed by atoms with Gasteiger partial charge >= 0.3 is 6.09 Å². The van der Waals surface area contributed by atoms with Crippen LogP contribution in [0.2, 0.25) is 0 Å². The fraction of sp³-hybridized carbons (Fsp3) is 0.409. The maximum absolute atomic E-state index is 12.6. The van der Waals surface area contributed by atoms with E-state index in [0.717, 1.165) is 45.2 Å². The monoisotopic (exact) mass is 440 g/mol. The molecular formula is C22H28N6O2S. The van der Waals surface area contributed by atoms with Gasteiger partial charge in [0.05, 0.1) is 11.6 Å². The molecule has 0 bridgehead atoms. The molecule has 0 spiro atoms. The Kier molecular flexibility index (Phi) is 5.62. The number of hydrogen-bond acceptors (Lipinski definition) is 7. The van der Waals surface area contributed by atoms with Crippen molar-refractivity contribution >= 4 is 50.1 Å². The van der Waals surface area contributed by atoms with Crippen LogP contribution in [0.1, 0.15) is 39.2 Å². The molecule has 0 saturated carbocycles. The Morgan fingerprint density at radius 3 is 2.90 bits per heavy atom. The van der Waals surface area contributed by atoms with Gasteiger partial charge in [-0.3, -0.25) is 0 Å². The summed E-state index contributed by atoms with van der Waals surface area (Å²) in [6.45, 7) is 6.97. The summed E-state index contributed by atoms with van der Waals surface area (Å²) in [7, 11) is 0. The second-order valence-electron chi connectivity index (χ2n) is 8.72. The van der Waals surface area contributed by atoms with Gasteiger partial charge in [-0.2, -0.15) is 5.10 Å². The number of aromatic nitrogens is 1. The van der Waals surface area contributed by atoms with Gasteiger partial charge in [-0.15, -0.1) is 11.3 Å². The number of carbonyl (C=O) groups is 1. The molecule has 0 radical (unpaired) electrons. The lowest BCUT2D eigenvalue weighted by molar-refractivity contribution is 0.0235. The van der Waals surface area contributed by atoms with Crippen molar-refractivity contribution < 1.29 is 9.53 Å². The smallest absolute Gasteiger partial charge is 0.410 e. The molecule has 3 heterocycles. The molecule has 3 aromatic rings. The highest BCUT2D eigenvalue weighted by molar-refractivity contribution is 7.18. The van der Waals surface area contributed by atoms with E-state index in [9.17, 15) is 4.79 Å². The summed E-state index contributed by atoms with van der Waals surface area (Å²) < 4.78 is 6.73. The first-order valence-electron chi connectivity index (χ1n) is 10.3. The number of fused-ring (bicyclic) bond motifs is 3. The molecule has 1 unspecified atom stereocenters. The standard InChI is InChI=1S/C22H28N6O2S/c1-22(2,3)30-21(29)28-9-4-5-14(28)12-25-20-16-8-10-31-18(16)15-7-6-13(19(23)27-24)11-17(15)26-20/h6-8,10-11,14H,4-5,9,12,24H2,1-3H3,(H2,23,27)(H,25,26). The number of nitrogens with two attached hydrogens (primary N) is 2. The fourth-order valence-electron chi connectivity index (χ4n) is 3.89. The van der Waals surface area contributed by atoms with Crippen LogP contribution in [0.4, 0.5) is 10.6 Å². The maximum atomic E-state index is 12.6. The first kappa shape index (κ1) is 21.2. The van der Waals surface area contributed by atoms with Crippen LogP contribution in [0, 0.1) is 0 Å². The number of amidine groups is 1. The number of nitrogens with one attached hydrogen (secondary N) is 1. The highest BCUT2D eigenvalue weighted by Crippen LogP contribution is 2.34. The molecule has 1 atom stereocenters. The number of carbonyl (C=O) groups excluding carboxylic acids is 1. The summed E-state index contributed by atoms with van der Waals surface area (Å²) in [6, 6.07) is 7.93. The number of thiophene rings is 1. The molecule has 5 N–H and O–H groups in total. The van der Waals surface area contributed by atoms with Crippen LogP contribution >= 0.6 is 11.3 Å². The second-order valence-corrected chi connectivity index (χ2v) is 9.64. The molecule has 1 fully saturated rings. The minimum absolute atomic E-state index is 0.0624. The summed E-state index contributed by atoms with van der Waals surface area (Å²) in [5.74, 6) is 6.39. The maximum Gasteiger partial charge on any atom is 0.410 e. The van der Waals surface area contributed by atoms with E-state index in [-0.39, 0.29) is 18.0 Å². The molecule has 1 aliphatic heterocycles. The third kappa shape index (κ3) is 4.36. The Labute approximate surface area is 185 Å². The number of hydrazone groups is 1. The zero-order chi connectivity index (χ0) is 22.2. The van der Waals surface area contributed by atoms with Crippen molar-refractivity contribution in [3.8, 4) is 0 Å². The van der Waals surface area contributed by atoms with Crippen molar-refractivity contribution in [1.82, 2.24) is 9.88 Å². The van der Waals surface area contributed by atoms with Gasteiger partial charge in [-0.05, 0) is 51.1 Å². The molecule has 1 amide bonds. The van der Waals surface area contributed by atoms with E-state index in [2.05, 4.69) is 21.9 Å². The second kappa shape index (κ2) is 8.22. The summed E-state index contributed by atoms with van der Waals surface area (Å²) in [6.07, 6.45) is 1.64. The number of benzene rings is 1. The lowest BCUT2D eigenvalue weighted by Gasteiger charge is -2.28. The SMILES string of the molecule is CC(C)(C)OC(=O)N1CCCC1CNc1nc2cc(/C(N)=N/N)ccc2c2sccc12. The number of rotatable bonds is 4. The highest BCUT2D eigenvalue weighted by Gasteiger charge is 2.32. The van der Waals surface area contributed by atoms with Crippen LogP contribution in [0.15, 0.2) is 34.7 Å². The molecule has 4 rings (SSSR count). The summed E-state index contributed by atoms with van der Waals surface area (Å²) in [5, 5.41) is 11.2. The van der Waals surface area contributed by atoms with Gasteiger partial charge in [0.25, 0.3) is 0 Å². The normalized spacial score (nSPS) is 17.5. The molecule has 8 nitrogen and oxygen atoms in total. The van der Waals surface area contributed by atoms with Crippen LogP contribution in [0.3, 0.4) is 0 Å². The lowest BCUT2D eigenvalue weighted by Crippen LogP contribution is -2.42. The van der Waals surface area contributed by atoms with Crippen LogP contribution < -0.4 is 16.9 Å². The third-order valence-corrected chi connectivity index (χ3v) is 6.29. The third-order valence-electron chi connectivity index (χ3n) is 5.34. The summed E-state index contributed by atoms with van der Waals surface area (Å²) in [5.41, 5.74) is 6.92. The van der Waals surface area contributed by atoms with Gasteiger partial charge in [0.15, 0.2) is 0 Å². The quantitative estimate of drug-likeness (QED) is 0.245. The number of ether oxygens (including phenoxy) is 1. The fourth-order valence-corrected chi connectivity index (χ4v) is 4.82. The van der Waals surface area contributed by atoms with E-state index in [1.54, 1.807) is 11.3 Å². The van der Waals surface area contributed by atoms with Crippen LogP contribution in [0.5, 0.6) is 0 Å². The Bertz CT molecular complexity index is 1150. The van der Waals surface area contributed by atoms with Gasteiger partial charge in [-0.1, -0.05) is 12.1 Å². The van der Waals surface area contributed by atoms with Gasteiger partial charge in [0, 0.05) is 34.1 Å². The predicted octanol–water partition coefficient (Wildman–Crippen LogP) is 3.84. The van der Waals surface area contributed by atoms with E-state index in [1.165, 1.54) is 0 Å². The van der Waals surface area contributed by atoms with Crippen LogP contribution in [-0.4, -0.2) is 46.5 Å². The predicted molar refractivity (Wildman–Crippen MR) is 126 cm³/mol. The van der Waals surface area contributed by atoms with E-state index in [0.29, 0.717) is 13.1 Å². The molecule has 0 aliphatic carbocycles. The van der Waals surface area contributed by atoms with Crippen LogP contribution in [0.25, 0.3) is 21.0 Å². The first-order chi connectivity index (χ1) is 14.8. The Morgan fingerprint density at radius 2 is 2.16 bits per heavy atom. The first-order valence-corrected chi connectivity index (χ1v) is 11.2. The largest absolute Gasteiger partial charge is 0.444 e. The number of anilines is 1. The average molecular weight is 441 g/mol. The molecule has 1 saturated heterocycles. The number of likely N-dealkylation sites (tertiary alicyclic amines) is 1. The van der Waals surface area contributed by atoms with E-state index in [4.69, 9.17) is 21.3 Å². The molecule has 31 heavy (non-hydrogen) atoms. The topological polar surface area (TPSA) is 119 Å². The Hall–Kier alpha value is -3.07. The molecule has 9 heteroatoms. The average Bonchev–Trinajstić information content (AvgIpc) is 3.39. The van der Waals surface area contributed by atoms with Crippen molar-refractivity contribution in [2.75, 3.05) is 18.4 Å². The van der Waals surface area contributed by atoms with E-state index < -0.39 is 5.60 Å². The minimum Gasteiger partial charge on any atom is -0.444 e. The van der Waals surface area contributed by atoms with Gasteiger partial charge < -0.3 is 26.5 Å². The molecule has 1 aromatic carbocycles. The van der Waals surface area contributed by atoms with Crippen LogP contribution in [-0.2, 0) is 4.74 Å². The Morgan fingerprint density at radius 1 is 1.35 bits per heavy atom. The van der Waals surface area contributed by atoms with E-state index in [1.807, 2.05) is 43.9 Å². The number of amides is 1. The summed E-state index contributed by atoms with van der Waals surface area (Å²) in [4.78, 5) is 19.3. The van der Waals surface area contributed by atoms with Crippen molar-refractivity contribution in [1.29, 1.82) is 0 Å². The number of hydrogen-bond donors (Lipinski definition) is 3. The van der Waals surface area contributed by atoms with Gasteiger partial charge in [-0.25, -0.2) is 9.78 Å². The summed E-state index contributed by atoms with van der Waals surface area (Å²) >= 11 is 1.67. The van der Waals surface area contributed by atoms with Crippen molar-refractivity contribution in [2.45, 2.75) is 45.3 Å². The molecule has 2 aromatic heterocycles. The lowest BCUT2D eigenvalue weighted by atomic mass is 10.1. The zero-order valence-electron chi connectivity index (χ0n) is 18.0. The highest BCUT2D eigenvalue weighted by atomic mass is 32.1. The van der Waals surface area contributed by atoms with Crippen molar-refractivity contribution in [2.24, 2.45) is 16.7 Å². The number of pyridine rings is 1. The Balaban J connectivity index is 1.60. The minimum atomic E-state index is -0.507. The van der Waals surface area contributed by atoms with Crippen molar-refractivity contribution in [3.63, 3.8) is 0 Å². The van der Waals surface area contributed by atoms with Gasteiger partial charge in [0.1, 0.15) is 17.3 Å². The zero-order valence-corrected chi connectivity index (χ0v) is 18.8. The molecule has 1 aliphatic rings. The molecular weight excluding hydrogens is 412 g/mol. The van der Waals surface area contributed by atoms with Gasteiger partial charge in [0.2, 0.25) is 0 Å².